The van der Waals surface area contributed by atoms with Crippen molar-refractivity contribution in [2.75, 3.05) is 6.54 Å². The first-order valence-electron chi connectivity index (χ1n) is 5.69. The van der Waals surface area contributed by atoms with Crippen molar-refractivity contribution in [1.82, 2.24) is 14.9 Å². The molecule has 5 heteroatoms. The van der Waals surface area contributed by atoms with Gasteiger partial charge in [-0.3, -0.25) is 4.57 Å². The van der Waals surface area contributed by atoms with Gasteiger partial charge in [0.25, 0.3) is 0 Å². The van der Waals surface area contributed by atoms with Crippen molar-refractivity contribution in [1.29, 1.82) is 5.26 Å². The fourth-order valence-electron chi connectivity index (χ4n) is 1.68. The second kappa shape index (κ2) is 5.80. The molecule has 1 aromatic heterocycles. The summed E-state index contributed by atoms with van der Waals surface area (Å²) in [5.74, 6) is 0.390. The molecule has 0 fully saturated rings. The summed E-state index contributed by atoms with van der Waals surface area (Å²) >= 11 is 3.55. The molecule has 0 atom stereocenters. The van der Waals surface area contributed by atoms with Gasteiger partial charge in [-0.15, -0.1) is 0 Å². The van der Waals surface area contributed by atoms with Crippen LogP contribution in [0.4, 0.5) is 0 Å². The molecule has 18 heavy (non-hydrogen) atoms. The Hall–Kier alpha value is -1.64. The average Bonchev–Trinajstić information content (AvgIpc) is 2.85. The first kappa shape index (κ1) is 12.8. The highest BCUT2D eigenvalue weighted by Gasteiger charge is 2.06. The first-order chi connectivity index (χ1) is 8.76. The summed E-state index contributed by atoms with van der Waals surface area (Å²) in [6.45, 7) is 3.84. The summed E-state index contributed by atoms with van der Waals surface area (Å²) in [4.78, 5) is 3.99. The lowest BCUT2D eigenvalue weighted by atomic mass is 10.2. The molecule has 0 aliphatic rings. The average molecular weight is 305 g/mol. The zero-order valence-corrected chi connectivity index (χ0v) is 11.6. The summed E-state index contributed by atoms with van der Waals surface area (Å²) in [6.07, 6.45) is 3.41. The predicted molar refractivity (Wildman–Crippen MR) is 73.4 cm³/mol. The van der Waals surface area contributed by atoms with Crippen LogP contribution in [-0.2, 0) is 6.54 Å². The summed E-state index contributed by atoms with van der Waals surface area (Å²) in [5, 5.41) is 12.2. The van der Waals surface area contributed by atoms with Gasteiger partial charge in [0.2, 0.25) is 5.82 Å². The quantitative estimate of drug-likeness (QED) is 0.944. The molecule has 0 aliphatic carbocycles. The number of benzene rings is 1. The zero-order chi connectivity index (χ0) is 13.0. The molecule has 1 aromatic carbocycles. The number of hydrogen-bond acceptors (Lipinski definition) is 3. The molecule has 92 valence electrons. The Kier molecular flexibility index (Phi) is 4.13. The molecular weight excluding hydrogens is 292 g/mol. The van der Waals surface area contributed by atoms with Gasteiger partial charge in [-0.25, -0.2) is 4.98 Å². The van der Waals surface area contributed by atoms with Gasteiger partial charge >= 0.3 is 0 Å². The van der Waals surface area contributed by atoms with E-state index in [9.17, 15) is 0 Å². The van der Waals surface area contributed by atoms with Crippen LogP contribution in [0.5, 0.6) is 0 Å². The van der Waals surface area contributed by atoms with E-state index in [1.54, 1.807) is 17.0 Å². The smallest absolute Gasteiger partial charge is 0.217 e. The van der Waals surface area contributed by atoms with Crippen LogP contribution in [0.15, 0.2) is 35.1 Å². The third-order valence-corrected chi connectivity index (χ3v) is 3.36. The molecule has 2 rings (SSSR count). The van der Waals surface area contributed by atoms with Gasteiger partial charge in [0.05, 0.1) is 0 Å². The molecule has 0 saturated heterocycles. The maximum Gasteiger partial charge on any atom is 0.217 e. The number of imidazole rings is 1. The molecule has 4 nitrogen and oxygen atoms in total. The number of nitriles is 1. The first-order valence-corrected chi connectivity index (χ1v) is 6.48. The number of aromatic nitrogens is 2. The molecule has 1 heterocycles. The third kappa shape index (κ3) is 2.61. The van der Waals surface area contributed by atoms with E-state index in [2.05, 4.69) is 39.2 Å². The Bertz CT molecular complexity index is 583. The number of rotatable bonds is 4. The molecule has 0 unspecified atom stereocenters. The Balaban J connectivity index is 2.32. The van der Waals surface area contributed by atoms with Crippen LogP contribution in [0.25, 0.3) is 5.69 Å². The van der Waals surface area contributed by atoms with E-state index in [0.717, 1.165) is 23.2 Å². The molecule has 0 bridgehead atoms. The maximum absolute atomic E-state index is 8.95. The Morgan fingerprint density at radius 2 is 2.33 bits per heavy atom. The fraction of sp³-hybridized carbons (Fsp3) is 0.231. The zero-order valence-electron chi connectivity index (χ0n) is 10.0. The van der Waals surface area contributed by atoms with Crippen LogP contribution in [-0.4, -0.2) is 16.1 Å². The second-order valence-electron chi connectivity index (χ2n) is 3.79. The SMILES string of the molecule is CCNCc1ccc(-n2ccnc2C#N)cc1Br. The summed E-state index contributed by atoms with van der Waals surface area (Å²) < 4.78 is 2.79. The van der Waals surface area contributed by atoms with Crippen LogP contribution in [0.1, 0.15) is 18.3 Å². The van der Waals surface area contributed by atoms with Crippen molar-refractivity contribution >= 4 is 15.9 Å². The molecule has 0 amide bonds. The molecule has 1 N–H and O–H groups in total. The van der Waals surface area contributed by atoms with Crippen LogP contribution in [0.3, 0.4) is 0 Å². The minimum Gasteiger partial charge on any atom is -0.313 e. The lowest BCUT2D eigenvalue weighted by molar-refractivity contribution is 0.724. The largest absolute Gasteiger partial charge is 0.313 e. The van der Waals surface area contributed by atoms with Crippen LogP contribution >= 0.6 is 15.9 Å². The van der Waals surface area contributed by atoms with E-state index in [0.29, 0.717) is 5.82 Å². The van der Waals surface area contributed by atoms with E-state index < -0.39 is 0 Å². The summed E-state index contributed by atoms with van der Waals surface area (Å²) in [5.41, 5.74) is 2.12. The summed E-state index contributed by atoms with van der Waals surface area (Å²) in [6, 6.07) is 8.09. The van der Waals surface area contributed by atoms with Crippen molar-refractivity contribution in [2.45, 2.75) is 13.5 Å². The van der Waals surface area contributed by atoms with Crippen LogP contribution in [0, 0.1) is 11.3 Å². The van der Waals surface area contributed by atoms with Gasteiger partial charge in [0.1, 0.15) is 6.07 Å². The molecule has 2 aromatic rings. The Labute approximate surface area is 114 Å². The molecular formula is C13H13BrN4. The van der Waals surface area contributed by atoms with Crippen LogP contribution < -0.4 is 5.32 Å². The van der Waals surface area contributed by atoms with E-state index >= 15 is 0 Å². The lowest BCUT2D eigenvalue weighted by Crippen LogP contribution is -2.12. The maximum atomic E-state index is 8.95. The number of nitrogens with zero attached hydrogens (tertiary/aromatic N) is 3. The van der Waals surface area contributed by atoms with E-state index in [-0.39, 0.29) is 0 Å². The minimum atomic E-state index is 0.390. The summed E-state index contributed by atoms with van der Waals surface area (Å²) in [7, 11) is 0. The molecule has 0 spiro atoms. The van der Waals surface area contributed by atoms with Crippen molar-refractivity contribution in [3.63, 3.8) is 0 Å². The van der Waals surface area contributed by atoms with E-state index in [1.165, 1.54) is 5.56 Å². The van der Waals surface area contributed by atoms with E-state index in [4.69, 9.17) is 5.26 Å². The highest BCUT2D eigenvalue weighted by atomic mass is 79.9. The van der Waals surface area contributed by atoms with Crippen molar-refractivity contribution in [3.05, 3.63) is 46.5 Å². The number of nitrogens with one attached hydrogen (secondary N) is 1. The molecule has 0 saturated carbocycles. The second-order valence-corrected chi connectivity index (χ2v) is 4.64. The normalized spacial score (nSPS) is 10.3. The highest BCUT2D eigenvalue weighted by molar-refractivity contribution is 9.10. The Morgan fingerprint density at radius 3 is 3.00 bits per heavy atom. The highest BCUT2D eigenvalue weighted by Crippen LogP contribution is 2.21. The van der Waals surface area contributed by atoms with Gasteiger partial charge < -0.3 is 5.32 Å². The van der Waals surface area contributed by atoms with Gasteiger partial charge in [0, 0.05) is 29.1 Å². The van der Waals surface area contributed by atoms with Crippen LogP contribution in [0.2, 0.25) is 0 Å². The lowest BCUT2D eigenvalue weighted by Gasteiger charge is -2.09. The van der Waals surface area contributed by atoms with E-state index in [1.807, 2.05) is 18.2 Å². The van der Waals surface area contributed by atoms with Gasteiger partial charge in [0.15, 0.2) is 0 Å². The molecule has 0 radical (unpaired) electrons. The van der Waals surface area contributed by atoms with Gasteiger partial charge in [-0.2, -0.15) is 5.26 Å². The van der Waals surface area contributed by atoms with Gasteiger partial charge in [-0.05, 0) is 24.2 Å². The van der Waals surface area contributed by atoms with Crippen molar-refractivity contribution < 1.29 is 0 Å². The number of hydrogen-bond donors (Lipinski definition) is 1. The number of halogens is 1. The van der Waals surface area contributed by atoms with Gasteiger partial charge in [-0.1, -0.05) is 28.9 Å². The predicted octanol–water partition coefficient (Wildman–Crippen LogP) is 2.62. The fourth-order valence-corrected chi connectivity index (χ4v) is 2.19. The van der Waals surface area contributed by atoms with Crippen molar-refractivity contribution in [2.24, 2.45) is 0 Å². The minimum absolute atomic E-state index is 0.390. The topological polar surface area (TPSA) is 53.6 Å². The molecule has 0 aliphatic heterocycles. The third-order valence-electron chi connectivity index (χ3n) is 2.62. The monoisotopic (exact) mass is 304 g/mol. The standard InChI is InChI=1S/C13H13BrN4/c1-2-16-9-10-3-4-11(7-12(10)14)18-6-5-17-13(18)8-15/h3-7,16H,2,9H2,1H3. The Morgan fingerprint density at radius 1 is 1.50 bits per heavy atom. The van der Waals surface area contributed by atoms with Crippen molar-refractivity contribution in [3.8, 4) is 11.8 Å².